The maximum absolute atomic E-state index is 12.6. The van der Waals surface area contributed by atoms with E-state index in [2.05, 4.69) is 4.98 Å². The van der Waals surface area contributed by atoms with E-state index in [1.54, 1.807) is 0 Å². The van der Waals surface area contributed by atoms with Crippen molar-refractivity contribution < 1.29 is 27.0 Å². The van der Waals surface area contributed by atoms with Gasteiger partial charge in [0.1, 0.15) is 0 Å². The molecule has 0 aromatic carbocycles. The molecule has 20 heavy (non-hydrogen) atoms. The van der Waals surface area contributed by atoms with E-state index in [0.717, 1.165) is 6.20 Å². The number of rotatable bonds is 4. The molecule has 0 radical (unpaired) electrons. The summed E-state index contributed by atoms with van der Waals surface area (Å²) in [5.74, 6) is -2.94. The number of carboxylic acids is 1. The van der Waals surface area contributed by atoms with Gasteiger partial charge in [-0.15, -0.1) is 3.89 Å². The minimum atomic E-state index is -4.65. The monoisotopic (exact) mass is 302 g/mol. The highest BCUT2D eigenvalue weighted by Crippen LogP contribution is 2.26. The molecule has 1 aliphatic heterocycles. The molecule has 2 heterocycles. The molecule has 1 fully saturated rings. The fourth-order valence-corrected chi connectivity index (χ4v) is 2.90. The third kappa shape index (κ3) is 3.29. The number of hydrogen-bond acceptors (Lipinski definition) is 5. The van der Waals surface area contributed by atoms with Crippen LogP contribution in [0.25, 0.3) is 0 Å². The van der Waals surface area contributed by atoms with Gasteiger partial charge in [-0.05, 0) is 6.07 Å². The average molecular weight is 302 g/mol. The molecule has 0 spiro atoms. The van der Waals surface area contributed by atoms with E-state index in [4.69, 9.17) is 5.11 Å². The van der Waals surface area contributed by atoms with Crippen LogP contribution in [0.5, 0.6) is 0 Å². The Morgan fingerprint density at radius 1 is 1.50 bits per heavy atom. The molecular weight excluding hydrogens is 291 g/mol. The van der Waals surface area contributed by atoms with Gasteiger partial charge in [-0.1, -0.05) is 0 Å². The van der Waals surface area contributed by atoms with Crippen LogP contribution >= 0.6 is 0 Å². The van der Waals surface area contributed by atoms with Crippen LogP contribution in [0.1, 0.15) is 16.8 Å². The Kier molecular flexibility index (Phi) is 3.71. The summed E-state index contributed by atoms with van der Waals surface area (Å²) in [6.45, 7) is 0.0206. The molecule has 0 saturated carbocycles. The quantitative estimate of drug-likeness (QED) is 0.809. The number of aromatic carboxylic acids is 1. The van der Waals surface area contributed by atoms with E-state index in [1.807, 2.05) is 0 Å². The van der Waals surface area contributed by atoms with Gasteiger partial charge in [0.15, 0.2) is 0 Å². The molecule has 1 aromatic heterocycles. The summed E-state index contributed by atoms with van der Waals surface area (Å²) in [5.41, 5.74) is 0.172. The maximum atomic E-state index is 12.6. The summed E-state index contributed by atoms with van der Waals surface area (Å²) in [6, 6.07) is 1.26. The van der Waals surface area contributed by atoms with Crippen molar-refractivity contribution in [3.8, 4) is 0 Å². The van der Waals surface area contributed by atoms with E-state index in [9.17, 15) is 21.9 Å². The van der Waals surface area contributed by atoms with Gasteiger partial charge in [0.2, 0.25) is 5.91 Å². The Labute approximate surface area is 114 Å². The molecule has 0 aliphatic carbocycles. The maximum Gasteiger partial charge on any atom is 0.337 e. The van der Waals surface area contributed by atoms with E-state index in [-0.39, 0.29) is 30.1 Å². The molecule has 1 aliphatic rings. The van der Waals surface area contributed by atoms with Crippen LogP contribution in [-0.2, 0) is 15.0 Å². The number of carbonyl (C=O) groups excluding carboxylic acids is 1. The Morgan fingerprint density at radius 2 is 2.20 bits per heavy atom. The predicted octanol–water partition coefficient (Wildman–Crippen LogP) is 0.432. The Bertz CT molecular complexity index is 661. The van der Waals surface area contributed by atoms with Gasteiger partial charge in [0.25, 0.3) is 0 Å². The van der Waals surface area contributed by atoms with Crippen LogP contribution in [0.4, 0.5) is 9.57 Å². The Hall–Kier alpha value is -2.03. The number of aromatic nitrogens is 1. The molecule has 1 aromatic rings. The summed E-state index contributed by atoms with van der Waals surface area (Å²) < 4.78 is 33.8. The van der Waals surface area contributed by atoms with Crippen LogP contribution in [0, 0.1) is 5.92 Å². The molecule has 1 saturated heterocycles. The van der Waals surface area contributed by atoms with Gasteiger partial charge in [0, 0.05) is 25.1 Å². The SMILES string of the molecule is O=C(O)c1cncc(N2CC(CS(=O)(=O)F)CC2=O)c1. The van der Waals surface area contributed by atoms with E-state index in [0.29, 0.717) is 0 Å². The molecule has 1 N–H and O–H groups in total. The van der Waals surface area contributed by atoms with E-state index in [1.165, 1.54) is 17.2 Å². The summed E-state index contributed by atoms with van der Waals surface area (Å²) in [6.07, 6.45) is 2.34. The number of carboxylic acid groups (broad SMARTS) is 1. The predicted molar refractivity (Wildman–Crippen MR) is 66.6 cm³/mol. The molecule has 1 atom stereocenters. The largest absolute Gasteiger partial charge is 0.478 e. The highest BCUT2D eigenvalue weighted by Gasteiger charge is 2.34. The number of carbonyl (C=O) groups is 2. The highest BCUT2D eigenvalue weighted by atomic mass is 32.3. The zero-order chi connectivity index (χ0) is 14.9. The van der Waals surface area contributed by atoms with Crippen LogP contribution in [0.15, 0.2) is 18.5 Å². The highest BCUT2D eigenvalue weighted by molar-refractivity contribution is 7.86. The van der Waals surface area contributed by atoms with Gasteiger partial charge in [-0.25, -0.2) is 4.79 Å². The number of anilines is 1. The number of nitrogens with zero attached hydrogens (tertiary/aromatic N) is 2. The number of hydrogen-bond donors (Lipinski definition) is 1. The molecule has 7 nitrogen and oxygen atoms in total. The second-order valence-corrected chi connectivity index (χ2v) is 5.93. The van der Waals surface area contributed by atoms with Crippen LogP contribution < -0.4 is 4.90 Å². The van der Waals surface area contributed by atoms with Crippen molar-refractivity contribution in [3.63, 3.8) is 0 Å². The van der Waals surface area contributed by atoms with Gasteiger partial charge < -0.3 is 10.0 Å². The van der Waals surface area contributed by atoms with Gasteiger partial charge in [-0.2, -0.15) is 8.42 Å². The van der Waals surface area contributed by atoms with E-state index < -0.39 is 27.9 Å². The Balaban J connectivity index is 2.20. The first-order valence-electron chi connectivity index (χ1n) is 5.67. The van der Waals surface area contributed by atoms with Crippen LogP contribution in [0.3, 0.4) is 0 Å². The first-order valence-corrected chi connectivity index (χ1v) is 7.22. The summed E-state index contributed by atoms with van der Waals surface area (Å²) in [4.78, 5) is 27.5. The minimum absolute atomic E-state index is 0.0206. The average Bonchev–Trinajstić information content (AvgIpc) is 2.68. The first-order chi connectivity index (χ1) is 9.26. The van der Waals surface area contributed by atoms with Crippen molar-refractivity contribution in [2.75, 3.05) is 17.2 Å². The number of pyridine rings is 1. The van der Waals surface area contributed by atoms with Crippen molar-refractivity contribution in [1.29, 1.82) is 0 Å². The van der Waals surface area contributed by atoms with E-state index >= 15 is 0 Å². The second kappa shape index (κ2) is 5.16. The molecule has 9 heteroatoms. The Morgan fingerprint density at radius 3 is 2.80 bits per heavy atom. The summed E-state index contributed by atoms with van der Waals surface area (Å²) in [7, 11) is -4.65. The number of amides is 1. The van der Waals surface area contributed by atoms with Crippen LogP contribution in [-0.4, -0.2) is 42.7 Å². The molecule has 2 rings (SSSR count). The van der Waals surface area contributed by atoms with Crippen molar-refractivity contribution in [2.24, 2.45) is 5.92 Å². The van der Waals surface area contributed by atoms with Crippen LogP contribution in [0.2, 0.25) is 0 Å². The lowest BCUT2D eigenvalue weighted by Gasteiger charge is -2.16. The molecule has 108 valence electrons. The lowest BCUT2D eigenvalue weighted by Crippen LogP contribution is -2.25. The van der Waals surface area contributed by atoms with Crippen molar-refractivity contribution in [1.82, 2.24) is 4.98 Å². The third-order valence-electron chi connectivity index (χ3n) is 2.92. The smallest absolute Gasteiger partial charge is 0.337 e. The molecular formula is C11H11FN2O5S. The topological polar surface area (TPSA) is 105 Å². The van der Waals surface area contributed by atoms with Crippen molar-refractivity contribution in [3.05, 3.63) is 24.0 Å². The standard InChI is InChI=1S/C11H11FN2O5S/c12-20(18,19)6-7-1-10(15)14(5-7)9-2-8(11(16)17)3-13-4-9/h2-4,7H,1,5-6H2,(H,16,17). The second-order valence-electron chi connectivity index (χ2n) is 4.52. The lowest BCUT2D eigenvalue weighted by atomic mass is 10.1. The summed E-state index contributed by atoms with van der Waals surface area (Å²) in [5, 5.41) is 8.85. The zero-order valence-electron chi connectivity index (χ0n) is 10.2. The van der Waals surface area contributed by atoms with Gasteiger partial charge >= 0.3 is 16.2 Å². The minimum Gasteiger partial charge on any atom is -0.478 e. The van der Waals surface area contributed by atoms with Crippen molar-refractivity contribution in [2.45, 2.75) is 6.42 Å². The molecule has 0 bridgehead atoms. The zero-order valence-corrected chi connectivity index (χ0v) is 11.0. The fourth-order valence-electron chi connectivity index (χ4n) is 2.12. The first kappa shape index (κ1) is 14.4. The van der Waals surface area contributed by atoms with Crippen molar-refractivity contribution >= 4 is 27.8 Å². The summed E-state index contributed by atoms with van der Waals surface area (Å²) >= 11 is 0. The normalized spacial score (nSPS) is 19.4. The molecule has 1 amide bonds. The number of halogens is 1. The molecule has 1 unspecified atom stereocenters. The third-order valence-corrected chi connectivity index (χ3v) is 3.79. The lowest BCUT2D eigenvalue weighted by molar-refractivity contribution is -0.117. The fraction of sp³-hybridized carbons (Fsp3) is 0.364. The van der Waals surface area contributed by atoms with Gasteiger partial charge in [-0.3, -0.25) is 9.78 Å². The van der Waals surface area contributed by atoms with Gasteiger partial charge in [0.05, 0.1) is 23.2 Å².